The molecule has 3 rings (SSSR count). The fourth-order valence-electron chi connectivity index (χ4n) is 2.81. The van der Waals surface area contributed by atoms with Crippen LogP contribution in [0.25, 0.3) is 0 Å². The molecule has 6 heteroatoms. The van der Waals surface area contributed by atoms with Crippen LogP contribution in [0.3, 0.4) is 0 Å². The molecule has 2 heterocycles. The number of aromatic nitrogens is 2. The number of hydrogen-bond acceptors (Lipinski definition) is 3. The van der Waals surface area contributed by atoms with E-state index in [0.29, 0.717) is 0 Å². The maximum atomic E-state index is 12.4. The molecule has 1 aromatic heterocycles. The summed E-state index contributed by atoms with van der Waals surface area (Å²) in [6, 6.07) is 9.96. The van der Waals surface area contributed by atoms with Gasteiger partial charge in [-0.25, -0.2) is 0 Å². The molecule has 23 heavy (non-hydrogen) atoms. The highest BCUT2D eigenvalue weighted by Crippen LogP contribution is 2.11. The third kappa shape index (κ3) is 4.12. The van der Waals surface area contributed by atoms with Crippen molar-refractivity contribution in [2.75, 3.05) is 26.2 Å². The summed E-state index contributed by atoms with van der Waals surface area (Å²) in [5, 5.41) is 7.73. The Balaban J connectivity index is 0.00000192. The van der Waals surface area contributed by atoms with E-state index in [1.54, 1.807) is 0 Å². The first-order valence-electron chi connectivity index (χ1n) is 7.73. The van der Waals surface area contributed by atoms with Crippen LogP contribution in [0.1, 0.15) is 27.3 Å². The van der Waals surface area contributed by atoms with Gasteiger partial charge in [-0.05, 0) is 37.6 Å². The molecule has 1 aromatic carbocycles. The van der Waals surface area contributed by atoms with Gasteiger partial charge in [0.25, 0.3) is 5.91 Å². The molecule has 1 fully saturated rings. The molecule has 1 N–H and O–H groups in total. The lowest BCUT2D eigenvalue weighted by Crippen LogP contribution is -2.46. The Morgan fingerprint density at radius 3 is 2.39 bits per heavy atom. The van der Waals surface area contributed by atoms with E-state index in [9.17, 15) is 4.79 Å². The van der Waals surface area contributed by atoms with E-state index >= 15 is 0 Å². The van der Waals surface area contributed by atoms with Crippen LogP contribution in [-0.2, 0) is 6.54 Å². The van der Waals surface area contributed by atoms with Gasteiger partial charge >= 0.3 is 0 Å². The Hall–Kier alpha value is -1.85. The number of amides is 1. The van der Waals surface area contributed by atoms with E-state index in [1.807, 2.05) is 40.8 Å². The predicted molar refractivity (Wildman–Crippen MR) is 93.3 cm³/mol. The molecule has 0 radical (unpaired) electrons. The summed E-state index contributed by atoms with van der Waals surface area (Å²) in [7, 11) is 0. The summed E-state index contributed by atoms with van der Waals surface area (Å²) in [4.78, 5) is 14.3. The van der Waals surface area contributed by atoms with Gasteiger partial charge in [0.1, 0.15) is 0 Å². The molecule has 0 atom stereocenters. The van der Waals surface area contributed by atoms with Crippen LogP contribution < -0.4 is 5.32 Å². The first kappa shape index (κ1) is 17.5. The highest BCUT2D eigenvalue weighted by Gasteiger charge is 2.17. The fourth-order valence-corrected chi connectivity index (χ4v) is 2.81. The highest BCUT2D eigenvalue weighted by molar-refractivity contribution is 5.94. The molecule has 1 aliphatic heterocycles. The van der Waals surface area contributed by atoms with E-state index in [0.717, 1.165) is 55.2 Å². The molecule has 1 amide bonds. The van der Waals surface area contributed by atoms with Gasteiger partial charge in [0.2, 0.25) is 0 Å². The quantitative estimate of drug-likeness (QED) is 0.934. The number of benzene rings is 1. The van der Waals surface area contributed by atoms with Crippen LogP contribution >= 0.6 is 12.4 Å². The van der Waals surface area contributed by atoms with Crippen LogP contribution in [0.2, 0.25) is 0 Å². The lowest BCUT2D eigenvalue weighted by Gasteiger charge is -2.27. The lowest BCUT2D eigenvalue weighted by molar-refractivity contribution is 0.0736. The van der Waals surface area contributed by atoms with Crippen molar-refractivity contribution in [2.24, 2.45) is 0 Å². The van der Waals surface area contributed by atoms with Crippen molar-refractivity contribution in [2.45, 2.75) is 20.4 Å². The van der Waals surface area contributed by atoms with E-state index in [2.05, 4.69) is 23.4 Å². The maximum Gasteiger partial charge on any atom is 0.253 e. The average Bonchev–Trinajstić information content (AvgIpc) is 2.86. The number of nitrogens with zero attached hydrogens (tertiary/aromatic N) is 3. The summed E-state index contributed by atoms with van der Waals surface area (Å²) in [6.45, 7) is 8.12. The summed E-state index contributed by atoms with van der Waals surface area (Å²) in [5.41, 5.74) is 4.10. The molecular formula is C17H23ClN4O. The zero-order valence-corrected chi connectivity index (χ0v) is 14.4. The topological polar surface area (TPSA) is 50.2 Å². The fraction of sp³-hybridized carbons (Fsp3) is 0.412. The summed E-state index contributed by atoms with van der Waals surface area (Å²) in [5.74, 6) is 0.124. The van der Waals surface area contributed by atoms with E-state index in [1.165, 1.54) is 0 Å². The van der Waals surface area contributed by atoms with Gasteiger partial charge in [-0.2, -0.15) is 5.10 Å². The summed E-state index contributed by atoms with van der Waals surface area (Å²) in [6.07, 6.45) is 0. The molecule has 0 saturated carbocycles. The van der Waals surface area contributed by atoms with Crippen LogP contribution in [0, 0.1) is 13.8 Å². The number of aryl methyl sites for hydroxylation is 2. The second kappa shape index (κ2) is 7.62. The zero-order valence-electron chi connectivity index (χ0n) is 13.6. The van der Waals surface area contributed by atoms with E-state index in [-0.39, 0.29) is 18.3 Å². The smallest absolute Gasteiger partial charge is 0.253 e. The minimum atomic E-state index is 0. The van der Waals surface area contributed by atoms with E-state index < -0.39 is 0 Å². The Morgan fingerprint density at radius 1 is 1.17 bits per heavy atom. The number of carbonyl (C=O) groups is 1. The minimum Gasteiger partial charge on any atom is -0.336 e. The van der Waals surface area contributed by atoms with Gasteiger partial charge in [0.15, 0.2) is 0 Å². The average molecular weight is 335 g/mol. The van der Waals surface area contributed by atoms with Crippen molar-refractivity contribution >= 4 is 18.3 Å². The second-order valence-electron chi connectivity index (χ2n) is 5.82. The van der Waals surface area contributed by atoms with Gasteiger partial charge in [-0.15, -0.1) is 12.4 Å². The number of halogens is 1. The van der Waals surface area contributed by atoms with Crippen LogP contribution in [-0.4, -0.2) is 46.8 Å². The molecule has 0 spiro atoms. The van der Waals surface area contributed by atoms with Crippen molar-refractivity contribution in [1.82, 2.24) is 20.0 Å². The molecule has 0 bridgehead atoms. The number of nitrogens with one attached hydrogen (secondary N) is 1. The molecule has 1 aliphatic rings. The Morgan fingerprint density at radius 2 is 1.83 bits per heavy atom. The van der Waals surface area contributed by atoms with Gasteiger partial charge in [0, 0.05) is 37.4 Å². The largest absolute Gasteiger partial charge is 0.336 e. The van der Waals surface area contributed by atoms with Crippen LogP contribution in [0.4, 0.5) is 0 Å². The van der Waals surface area contributed by atoms with Crippen molar-refractivity contribution in [3.05, 3.63) is 52.8 Å². The Labute approximate surface area is 143 Å². The molecular weight excluding hydrogens is 312 g/mol. The van der Waals surface area contributed by atoms with Gasteiger partial charge in [-0.3, -0.25) is 9.48 Å². The van der Waals surface area contributed by atoms with Crippen molar-refractivity contribution in [3.8, 4) is 0 Å². The molecule has 0 aliphatic carbocycles. The molecule has 124 valence electrons. The monoisotopic (exact) mass is 334 g/mol. The molecule has 1 saturated heterocycles. The lowest BCUT2D eigenvalue weighted by atomic mass is 10.1. The van der Waals surface area contributed by atoms with Gasteiger partial charge in [-0.1, -0.05) is 12.1 Å². The third-order valence-electron chi connectivity index (χ3n) is 4.04. The Kier molecular flexibility index (Phi) is 5.80. The Bertz CT molecular complexity index is 660. The van der Waals surface area contributed by atoms with Crippen LogP contribution in [0.5, 0.6) is 0 Å². The van der Waals surface area contributed by atoms with Gasteiger partial charge in [0.05, 0.1) is 12.2 Å². The SMILES string of the molecule is Cc1cc(C)n(Cc2ccc(C(=O)N3CCNCC3)cc2)n1.Cl. The number of piperazine rings is 1. The van der Waals surface area contributed by atoms with Gasteiger partial charge < -0.3 is 10.2 Å². The number of carbonyl (C=O) groups excluding carboxylic acids is 1. The highest BCUT2D eigenvalue weighted by atomic mass is 35.5. The van der Waals surface area contributed by atoms with Crippen molar-refractivity contribution in [1.29, 1.82) is 0 Å². The van der Waals surface area contributed by atoms with Crippen LogP contribution in [0.15, 0.2) is 30.3 Å². The summed E-state index contributed by atoms with van der Waals surface area (Å²) >= 11 is 0. The van der Waals surface area contributed by atoms with E-state index in [4.69, 9.17) is 0 Å². The molecule has 2 aromatic rings. The number of hydrogen-bond donors (Lipinski definition) is 1. The zero-order chi connectivity index (χ0) is 15.5. The normalized spacial score (nSPS) is 14.4. The second-order valence-corrected chi connectivity index (χ2v) is 5.82. The summed E-state index contributed by atoms with van der Waals surface area (Å²) < 4.78 is 1.99. The molecule has 0 unspecified atom stereocenters. The third-order valence-corrected chi connectivity index (χ3v) is 4.04. The molecule has 5 nitrogen and oxygen atoms in total. The predicted octanol–water partition coefficient (Wildman–Crippen LogP) is 2.02. The van der Waals surface area contributed by atoms with Crippen molar-refractivity contribution < 1.29 is 4.79 Å². The maximum absolute atomic E-state index is 12.4. The van der Waals surface area contributed by atoms with Crippen molar-refractivity contribution in [3.63, 3.8) is 0 Å². The first-order chi connectivity index (χ1) is 10.6. The number of rotatable bonds is 3. The standard InChI is InChI=1S/C17H22N4O.ClH/c1-13-11-14(2)21(19-13)12-15-3-5-16(6-4-15)17(22)20-9-7-18-8-10-20;/h3-6,11,18H,7-10,12H2,1-2H3;1H. The minimum absolute atomic E-state index is 0. The first-order valence-corrected chi connectivity index (χ1v) is 7.73.